The fourth-order valence-electron chi connectivity index (χ4n) is 1.92. The zero-order chi connectivity index (χ0) is 15.2. The number of ether oxygens (including phenoxy) is 1. The van der Waals surface area contributed by atoms with Gasteiger partial charge in [0.25, 0.3) is 0 Å². The SMILES string of the molecule is COc1ccccc1CCNc1nc(NN)c(F)cc1F. The zero-order valence-corrected chi connectivity index (χ0v) is 11.5. The number of hydrazine groups is 1. The lowest BCUT2D eigenvalue weighted by atomic mass is 10.1. The highest BCUT2D eigenvalue weighted by Gasteiger charge is 2.11. The predicted octanol–water partition coefficient (Wildman–Crippen LogP) is 2.31. The van der Waals surface area contributed by atoms with Gasteiger partial charge in [0.1, 0.15) is 5.75 Å². The zero-order valence-electron chi connectivity index (χ0n) is 11.5. The van der Waals surface area contributed by atoms with Gasteiger partial charge in [0, 0.05) is 12.6 Å². The van der Waals surface area contributed by atoms with E-state index in [9.17, 15) is 8.78 Å². The van der Waals surface area contributed by atoms with Crippen LogP contribution < -0.4 is 21.3 Å². The molecule has 0 aliphatic rings. The number of rotatable bonds is 6. The second-order valence-corrected chi connectivity index (χ2v) is 4.28. The smallest absolute Gasteiger partial charge is 0.178 e. The Labute approximate surface area is 121 Å². The first-order chi connectivity index (χ1) is 10.2. The summed E-state index contributed by atoms with van der Waals surface area (Å²) < 4.78 is 32.0. The third kappa shape index (κ3) is 3.57. The highest BCUT2D eigenvalue weighted by atomic mass is 19.1. The van der Waals surface area contributed by atoms with Crippen LogP contribution in [0.2, 0.25) is 0 Å². The Morgan fingerprint density at radius 3 is 2.62 bits per heavy atom. The Kier molecular flexibility index (Phi) is 4.89. The quantitative estimate of drug-likeness (QED) is 0.563. The Bertz CT molecular complexity index is 622. The van der Waals surface area contributed by atoms with Crippen molar-refractivity contribution < 1.29 is 13.5 Å². The maximum Gasteiger partial charge on any atom is 0.178 e. The van der Waals surface area contributed by atoms with E-state index in [0.29, 0.717) is 13.0 Å². The maximum absolute atomic E-state index is 13.6. The molecule has 1 heterocycles. The van der Waals surface area contributed by atoms with Gasteiger partial charge in [-0.2, -0.15) is 0 Å². The summed E-state index contributed by atoms with van der Waals surface area (Å²) in [6, 6.07) is 8.26. The normalized spacial score (nSPS) is 10.3. The molecule has 7 heteroatoms. The van der Waals surface area contributed by atoms with E-state index < -0.39 is 11.6 Å². The molecule has 1 aromatic heterocycles. The van der Waals surface area contributed by atoms with Crippen LogP contribution in [0.15, 0.2) is 30.3 Å². The fraction of sp³-hybridized carbons (Fsp3) is 0.214. The van der Waals surface area contributed by atoms with Crippen molar-refractivity contribution in [1.29, 1.82) is 0 Å². The summed E-state index contributed by atoms with van der Waals surface area (Å²) in [6.45, 7) is 0.417. The van der Waals surface area contributed by atoms with Crippen LogP contribution in [0.4, 0.5) is 20.4 Å². The van der Waals surface area contributed by atoms with E-state index in [2.05, 4.69) is 15.7 Å². The van der Waals surface area contributed by atoms with Crippen molar-refractivity contribution in [1.82, 2.24) is 4.98 Å². The standard InChI is InChI=1S/C14H16F2N4O/c1-21-12-5-3-2-4-9(12)6-7-18-13-10(15)8-11(16)14(19-13)20-17/h2-5,8H,6-7,17H2,1H3,(H2,18,19,20). The largest absolute Gasteiger partial charge is 0.496 e. The van der Waals surface area contributed by atoms with E-state index >= 15 is 0 Å². The first-order valence-electron chi connectivity index (χ1n) is 6.34. The molecule has 0 atom stereocenters. The molecule has 0 saturated heterocycles. The number of methoxy groups -OCH3 is 1. The van der Waals surface area contributed by atoms with Gasteiger partial charge in [-0.3, -0.25) is 0 Å². The van der Waals surface area contributed by atoms with Crippen LogP contribution in [0.5, 0.6) is 5.75 Å². The Morgan fingerprint density at radius 2 is 1.90 bits per heavy atom. The Morgan fingerprint density at radius 1 is 1.19 bits per heavy atom. The lowest BCUT2D eigenvalue weighted by Crippen LogP contribution is -2.14. The van der Waals surface area contributed by atoms with Crippen LogP contribution in [0.1, 0.15) is 5.56 Å². The number of hydrogen-bond donors (Lipinski definition) is 3. The summed E-state index contributed by atoms with van der Waals surface area (Å²) in [5.41, 5.74) is 3.06. The average molecular weight is 294 g/mol. The average Bonchev–Trinajstić information content (AvgIpc) is 2.50. The third-order valence-electron chi connectivity index (χ3n) is 2.95. The number of nitrogen functional groups attached to an aromatic ring is 1. The number of nitrogens with two attached hydrogens (primary N) is 1. The molecule has 5 nitrogen and oxygen atoms in total. The van der Waals surface area contributed by atoms with E-state index in [4.69, 9.17) is 10.6 Å². The highest BCUT2D eigenvalue weighted by Crippen LogP contribution is 2.20. The summed E-state index contributed by atoms with van der Waals surface area (Å²) in [5.74, 6) is 3.99. The fourth-order valence-corrected chi connectivity index (χ4v) is 1.92. The number of pyridine rings is 1. The van der Waals surface area contributed by atoms with Gasteiger partial charge in [0.15, 0.2) is 23.3 Å². The lowest BCUT2D eigenvalue weighted by Gasteiger charge is -2.11. The molecule has 0 saturated carbocycles. The number of hydrogen-bond acceptors (Lipinski definition) is 5. The third-order valence-corrected chi connectivity index (χ3v) is 2.95. The molecule has 21 heavy (non-hydrogen) atoms. The van der Waals surface area contributed by atoms with Crippen LogP contribution in [0.3, 0.4) is 0 Å². The van der Waals surface area contributed by atoms with Gasteiger partial charge in [-0.15, -0.1) is 0 Å². The molecule has 0 unspecified atom stereocenters. The minimum Gasteiger partial charge on any atom is -0.496 e. The summed E-state index contributed by atoms with van der Waals surface area (Å²) in [6.07, 6.45) is 0.605. The van der Waals surface area contributed by atoms with E-state index in [-0.39, 0.29) is 11.6 Å². The minimum atomic E-state index is -0.842. The van der Waals surface area contributed by atoms with Gasteiger partial charge >= 0.3 is 0 Å². The van der Waals surface area contributed by atoms with Crippen molar-refractivity contribution in [2.24, 2.45) is 5.84 Å². The molecule has 0 radical (unpaired) electrons. The molecule has 0 spiro atoms. The molecule has 2 aromatic rings. The van der Waals surface area contributed by atoms with Crippen molar-refractivity contribution in [3.05, 3.63) is 47.5 Å². The first-order valence-corrected chi connectivity index (χ1v) is 6.34. The molecule has 0 aliphatic heterocycles. The molecule has 2 rings (SSSR count). The van der Waals surface area contributed by atoms with Gasteiger partial charge < -0.3 is 15.5 Å². The number of nitrogens with one attached hydrogen (secondary N) is 2. The molecule has 0 bridgehead atoms. The summed E-state index contributed by atoms with van der Waals surface area (Å²) in [7, 11) is 1.59. The number of para-hydroxylation sites is 1. The summed E-state index contributed by atoms with van der Waals surface area (Å²) >= 11 is 0. The molecular formula is C14H16F2N4O. The first kappa shape index (κ1) is 15.0. The number of anilines is 2. The molecule has 0 aliphatic carbocycles. The van der Waals surface area contributed by atoms with Crippen LogP contribution in [-0.2, 0) is 6.42 Å². The van der Waals surface area contributed by atoms with E-state index in [0.717, 1.165) is 17.4 Å². The van der Waals surface area contributed by atoms with Crippen molar-refractivity contribution in [3.8, 4) is 5.75 Å². The molecular weight excluding hydrogens is 278 g/mol. The van der Waals surface area contributed by atoms with Gasteiger partial charge in [0.2, 0.25) is 0 Å². The number of benzene rings is 1. The van der Waals surface area contributed by atoms with Crippen LogP contribution in [0.25, 0.3) is 0 Å². The van der Waals surface area contributed by atoms with Gasteiger partial charge in [-0.1, -0.05) is 18.2 Å². The Balaban J connectivity index is 2.03. The Hall–Kier alpha value is -2.41. The second kappa shape index (κ2) is 6.85. The van der Waals surface area contributed by atoms with E-state index in [1.165, 1.54) is 0 Å². The maximum atomic E-state index is 13.6. The van der Waals surface area contributed by atoms with E-state index in [1.54, 1.807) is 7.11 Å². The van der Waals surface area contributed by atoms with Crippen LogP contribution in [0, 0.1) is 11.6 Å². The highest BCUT2D eigenvalue weighted by molar-refractivity contribution is 5.47. The van der Waals surface area contributed by atoms with Crippen LogP contribution >= 0.6 is 0 Å². The topological polar surface area (TPSA) is 72.2 Å². The number of halogens is 2. The molecule has 0 amide bonds. The van der Waals surface area contributed by atoms with Gasteiger partial charge in [-0.25, -0.2) is 19.6 Å². The predicted molar refractivity (Wildman–Crippen MR) is 77.2 cm³/mol. The minimum absolute atomic E-state index is 0.0563. The van der Waals surface area contributed by atoms with Gasteiger partial charge in [-0.05, 0) is 18.1 Å². The molecule has 1 aromatic carbocycles. The second-order valence-electron chi connectivity index (χ2n) is 4.28. The monoisotopic (exact) mass is 294 g/mol. The van der Waals surface area contributed by atoms with Crippen molar-refractivity contribution >= 4 is 11.6 Å². The molecule has 0 fully saturated rings. The van der Waals surface area contributed by atoms with Gasteiger partial charge in [0.05, 0.1) is 7.11 Å². The van der Waals surface area contributed by atoms with E-state index in [1.807, 2.05) is 24.3 Å². The number of aromatic nitrogens is 1. The summed E-state index contributed by atoms with van der Waals surface area (Å²) in [4.78, 5) is 3.74. The summed E-state index contributed by atoms with van der Waals surface area (Å²) in [5, 5.41) is 2.81. The van der Waals surface area contributed by atoms with Crippen LogP contribution in [-0.4, -0.2) is 18.6 Å². The van der Waals surface area contributed by atoms with Crippen molar-refractivity contribution in [2.75, 3.05) is 24.4 Å². The van der Waals surface area contributed by atoms with Crippen molar-refractivity contribution in [2.45, 2.75) is 6.42 Å². The number of nitrogens with zero attached hydrogens (tertiary/aromatic N) is 1. The van der Waals surface area contributed by atoms with Crippen molar-refractivity contribution in [3.63, 3.8) is 0 Å². The lowest BCUT2D eigenvalue weighted by molar-refractivity contribution is 0.410. The molecule has 112 valence electrons. The molecule has 4 N–H and O–H groups in total.